The molecule has 0 aliphatic carbocycles. The second kappa shape index (κ2) is 6.19. The highest BCUT2D eigenvalue weighted by Crippen LogP contribution is 2.18. The highest BCUT2D eigenvalue weighted by atomic mass is 32.2. The summed E-state index contributed by atoms with van der Waals surface area (Å²) in [6.45, 7) is 4.03. The van der Waals surface area contributed by atoms with E-state index in [2.05, 4.69) is 15.0 Å². The molecule has 2 aromatic heterocycles. The number of aromatic amines is 1. The fourth-order valence-corrected chi connectivity index (χ4v) is 3.85. The maximum Gasteiger partial charge on any atom is 0.216 e. The quantitative estimate of drug-likeness (QED) is 0.850. The van der Waals surface area contributed by atoms with E-state index < -0.39 is 10.0 Å². The van der Waals surface area contributed by atoms with Gasteiger partial charge in [0.2, 0.25) is 10.0 Å². The van der Waals surface area contributed by atoms with Crippen LogP contribution >= 0.6 is 0 Å². The van der Waals surface area contributed by atoms with Crippen molar-refractivity contribution in [3.63, 3.8) is 0 Å². The first-order chi connectivity index (χ1) is 10.6. The molecule has 0 amide bonds. The van der Waals surface area contributed by atoms with Crippen molar-refractivity contribution >= 4 is 10.0 Å². The molecule has 2 aromatic rings. The number of morpholine rings is 1. The average molecular weight is 325 g/mol. The molecule has 0 unspecified atom stereocenters. The monoisotopic (exact) mass is 325 g/mol. The molecule has 0 aromatic carbocycles. The Labute approximate surface area is 129 Å². The summed E-state index contributed by atoms with van der Waals surface area (Å²) in [7, 11) is -3.28. The molecule has 3 heterocycles. The van der Waals surface area contributed by atoms with E-state index in [1.54, 1.807) is 18.7 Å². The lowest BCUT2D eigenvalue weighted by atomic mass is 10.3. The highest BCUT2D eigenvalue weighted by Gasteiger charge is 2.24. The van der Waals surface area contributed by atoms with Gasteiger partial charge in [0.15, 0.2) is 5.82 Å². The van der Waals surface area contributed by atoms with E-state index in [1.807, 2.05) is 11.5 Å². The molecule has 9 heteroatoms. The molecule has 8 nitrogen and oxygen atoms in total. The first-order valence-electron chi connectivity index (χ1n) is 7.15. The van der Waals surface area contributed by atoms with Gasteiger partial charge < -0.3 is 14.3 Å². The number of aromatic nitrogens is 4. The van der Waals surface area contributed by atoms with Crippen LogP contribution in [0.5, 0.6) is 0 Å². The molecule has 0 saturated carbocycles. The van der Waals surface area contributed by atoms with Gasteiger partial charge in [0.1, 0.15) is 5.69 Å². The van der Waals surface area contributed by atoms with Gasteiger partial charge in [0, 0.05) is 37.7 Å². The van der Waals surface area contributed by atoms with Gasteiger partial charge in [0.05, 0.1) is 25.3 Å². The van der Waals surface area contributed by atoms with Crippen LogP contribution in [-0.4, -0.2) is 64.3 Å². The lowest BCUT2D eigenvalue weighted by molar-refractivity contribution is 0.0730. The summed E-state index contributed by atoms with van der Waals surface area (Å²) in [4.78, 5) is 11.5. The van der Waals surface area contributed by atoms with Gasteiger partial charge in [-0.2, -0.15) is 4.31 Å². The Bertz CT molecular complexity index is 730. The maximum atomic E-state index is 12.4. The molecule has 1 aliphatic heterocycles. The van der Waals surface area contributed by atoms with Crippen LogP contribution in [0, 0.1) is 6.92 Å². The third kappa shape index (κ3) is 3.06. The number of sulfonamides is 1. The van der Waals surface area contributed by atoms with E-state index in [9.17, 15) is 8.42 Å². The van der Waals surface area contributed by atoms with Crippen LogP contribution in [0.15, 0.2) is 18.7 Å². The van der Waals surface area contributed by atoms with Crippen molar-refractivity contribution in [2.24, 2.45) is 0 Å². The minimum Gasteiger partial charge on any atom is -0.379 e. The number of nitrogens with one attached hydrogen (secondary N) is 1. The van der Waals surface area contributed by atoms with Gasteiger partial charge in [-0.25, -0.2) is 18.4 Å². The van der Waals surface area contributed by atoms with Crippen LogP contribution in [-0.2, 0) is 21.3 Å². The maximum absolute atomic E-state index is 12.4. The van der Waals surface area contributed by atoms with Crippen LogP contribution in [0.1, 0.15) is 5.69 Å². The summed E-state index contributed by atoms with van der Waals surface area (Å²) in [5.74, 6) is 0.718. The van der Waals surface area contributed by atoms with Crippen LogP contribution in [0.4, 0.5) is 0 Å². The van der Waals surface area contributed by atoms with Crippen LogP contribution in [0.25, 0.3) is 11.5 Å². The lowest BCUT2D eigenvalue weighted by Crippen LogP contribution is -2.42. The third-order valence-electron chi connectivity index (χ3n) is 3.71. The number of H-pyrrole nitrogens is 1. The zero-order chi connectivity index (χ0) is 15.6. The standard InChI is InChI=1S/C13H19N5O3S/c1-11-12(16-10-15-11)13-14-2-3-17(13)6-9-22(19,20)18-4-7-21-8-5-18/h2-3,10H,4-9H2,1H3,(H,15,16). The van der Waals surface area contributed by atoms with Gasteiger partial charge in [-0.05, 0) is 6.92 Å². The number of hydrogen-bond acceptors (Lipinski definition) is 5. The summed E-state index contributed by atoms with van der Waals surface area (Å²) in [6, 6.07) is 0. The van der Waals surface area contributed by atoms with Gasteiger partial charge in [0.25, 0.3) is 0 Å². The molecule has 0 atom stereocenters. The van der Waals surface area contributed by atoms with Crippen molar-refractivity contribution in [1.29, 1.82) is 0 Å². The van der Waals surface area contributed by atoms with Crippen molar-refractivity contribution < 1.29 is 13.2 Å². The van der Waals surface area contributed by atoms with E-state index in [0.29, 0.717) is 38.7 Å². The van der Waals surface area contributed by atoms with Crippen molar-refractivity contribution in [2.45, 2.75) is 13.5 Å². The van der Waals surface area contributed by atoms with Crippen LogP contribution < -0.4 is 0 Å². The summed E-state index contributed by atoms with van der Waals surface area (Å²) < 4.78 is 33.2. The number of aryl methyl sites for hydroxylation is 2. The van der Waals surface area contributed by atoms with Gasteiger partial charge >= 0.3 is 0 Å². The molecule has 22 heavy (non-hydrogen) atoms. The first-order valence-corrected chi connectivity index (χ1v) is 8.76. The predicted molar refractivity (Wildman–Crippen MR) is 80.7 cm³/mol. The molecule has 1 saturated heterocycles. The zero-order valence-electron chi connectivity index (χ0n) is 12.4. The van der Waals surface area contributed by atoms with E-state index >= 15 is 0 Å². The topological polar surface area (TPSA) is 93.1 Å². The van der Waals surface area contributed by atoms with Gasteiger partial charge in [-0.3, -0.25) is 0 Å². The largest absolute Gasteiger partial charge is 0.379 e. The molecule has 120 valence electrons. The normalized spacial score (nSPS) is 17.0. The van der Waals surface area contributed by atoms with Crippen molar-refractivity contribution in [3.05, 3.63) is 24.4 Å². The van der Waals surface area contributed by atoms with Crippen LogP contribution in [0.2, 0.25) is 0 Å². The van der Waals surface area contributed by atoms with Crippen molar-refractivity contribution in [2.75, 3.05) is 32.1 Å². The zero-order valence-corrected chi connectivity index (χ0v) is 13.2. The fourth-order valence-electron chi connectivity index (χ4n) is 2.46. The number of imidazole rings is 2. The summed E-state index contributed by atoms with van der Waals surface area (Å²) in [5, 5.41) is 0. The molecule has 1 fully saturated rings. The minimum atomic E-state index is -3.28. The second-order valence-electron chi connectivity index (χ2n) is 5.15. The summed E-state index contributed by atoms with van der Waals surface area (Å²) >= 11 is 0. The van der Waals surface area contributed by atoms with Gasteiger partial charge in [-0.15, -0.1) is 0 Å². The first kappa shape index (κ1) is 15.2. The molecule has 1 aliphatic rings. The molecule has 0 spiro atoms. The Hall–Kier alpha value is -1.71. The number of nitrogens with zero attached hydrogens (tertiary/aromatic N) is 4. The van der Waals surface area contributed by atoms with E-state index in [4.69, 9.17) is 4.74 Å². The number of ether oxygens (including phenoxy) is 1. The number of hydrogen-bond donors (Lipinski definition) is 1. The second-order valence-corrected chi connectivity index (χ2v) is 7.24. The third-order valence-corrected chi connectivity index (χ3v) is 5.56. The molecular formula is C13H19N5O3S. The molecular weight excluding hydrogens is 306 g/mol. The Morgan fingerprint density at radius 3 is 2.77 bits per heavy atom. The SMILES string of the molecule is Cc1[nH]cnc1-c1nccn1CCS(=O)(=O)N1CCOCC1. The van der Waals surface area contributed by atoms with E-state index in [1.165, 1.54) is 4.31 Å². The average Bonchev–Trinajstić information content (AvgIpc) is 3.14. The Morgan fingerprint density at radius 1 is 1.32 bits per heavy atom. The molecule has 0 bridgehead atoms. The predicted octanol–water partition coefficient (Wildman–Crippen LogP) is 0.244. The summed E-state index contributed by atoms with van der Waals surface area (Å²) in [6.07, 6.45) is 5.04. The van der Waals surface area contributed by atoms with Crippen molar-refractivity contribution in [1.82, 2.24) is 23.8 Å². The lowest BCUT2D eigenvalue weighted by Gasteiger charge is -2.26. The van der Waals surface area contributed by atoms with Gasteiger partial charge in [-0.1, -0.05) is 0 Å². The molecule has 3 rings (SSSR count). The summed E-state index contributed by atoms with van der Waals surface area (Å²) in [5.41, 5.74) is 1.65. The minimum absolute atomic E-state index is 0.0415. The van der Waals surface area contributed by atoms with E-state index in [-0.39, 0.29) is 5.75 Å². The van der Waals surface area contributed by atoms with Crippen LogP contribution in [0.3, 0.4) is 0 Å². The Morgan fingerprint density at radius 2 is 2.09 bits per heavy atom. The fraction of sp³-hybridized carbons (Fsp3) is 0.538. The number of rotatable bonds is 5. The smallest absolute Gasteiger partial charge is 0.216 e. The molecule has 0 radical (unpaired) electrons. The van der Waals surface area contributed by atoms with E-state index in [0.717, 1.165) is 11.4 Å². The van der Waals surface area contributed by atoms with Crippen molar-refractivity contribution in [3.8, 4) is 11.5 Å². The Balaban J connectivity index is 1.72. The highest BCUT2D eigenvalue weighted by molar-refractivity contribution is 7.89. The molecule has 1 N–H and O–H groups in total. The Kier molecular flexibility index (Phi) is 4.27.